The lowest BCUT2D eigenvalue weighted by Crippen LogP contribution is -2.43. The first-order valence-corrected chi connectivity index (χ1v) is 6.76. The van der Waals surface area contributed by atoms with Crippen LogP contribution in [0.15, 0.2) is 18.2 Å². The van der Waals surface area contributed by atoms with Gasteiger partial charge in [-0.2, -0.15) is 0 Å². The van der Waals surface area contributed by atoms with Gasteiger partial charge < -0.3 is 10.2 Å². The van der Waals surface area contributed by atoms with Crippen molar-refractivity contribution in [2.45, 2.75) is 20.3 Å². The average molecular weight is 267 g/mol. The third kappa shape index (κ3) is 2.68. The maximum atomic E-state index is 12.4. The molecule has 1 heterocycles. The number of carbonyl (C=O) groups is 1. The van der Waals surface area contributed by atoms with E-state index in [9.17, 15) is 4.79 Å². The predicted molar refractivity (Wildman–Crippen MR) is 75.2 cm³/mol. The topological polar surface area (TPSA) is 32.3 Å². The smallest absolute Gasteiger partial charge is 0.231 e. The lowest BCUT2D eigenvalue weighted by molar-refractivity contribution is -0.122. The van der Waals surface area contributed by atoms with Gasteiger partial charge in [-0.25, -0.2) is 0 Å². The molecule has 1 amide bonds. The molecule has 0 aliphatic carbocycles. The van der Waals surface area contributed by atoms with Gasteiger partial charge in [-0.1, -0.05) is 24.6 Å². The van der Waals surface area contributed by atoms with Gasteiger partial charge in [-0.05, 0) is 37.6 Å². The van der Waals surface area contributed by atoms with E-state index in [-0.39, 0.29) is 11.8 Å². The molecule has 4 heteroatoms. The van der Waals surface area contributed by atoms with E-state index in [1.165, 1.54) is 0 Å². The molecular weight excluding hydrogens is 248 g/mol. The number of anilines is 1. The number of hydrogen-bond donors (Lipinski definition) is 1. The average Bonchev–Trinajstić information content (AvgIpc) is 2.35. The van der Waals surface area contributed by atoms with Crippen molar-refractivity contribution in [3.05, 3.63) is 28.8 Å². The van der Waals surface area contributed by atoms with E-state index in [2.05, 4.69) is 5.32 Å². The zero-order valence-electron chi connectivity index (χ0n) is 10.9. The summed E-state index contributed by atoms with van der Waals surface area (Å²) < 4.78 is 0. The van der Waals surface area contributed by atoms with Gasteiger partial charge in [-0.3, -0.25) is 4.79 Å². The monoisotopic (exact) mass is 266 g/mol. The maximum Gasteiger partial charge on any atom is 0.231 e. The lowest BCUT2D eigenvalue weighted by atomic mass is 10.1. The van der Waals surface area contributed by atoms with Crippen LogP contribution in [0.2, 0.25) is 5.02 Å². The van der Waals surface area contributed by atoms with Gasteiger partial charge >= 0.3 is 0 Å². The van der Waals surface area contributed by atoms with E-state index < -0.39 is 0 Å². The van der Waals surface area contributed by atoms with Gasteiger partial charge in [0, 0.05) is 29.7 Å². The minimum Gasteiger partial charge on any atom is -0.316 e. The molecule has 1 N–H and O–H groups in total. The zero-order chi connectivity index (χ0) is 13.1. The Morgan fingerprint density at radius 3 is 3.00 bits per heavy atom. The molecule has 0 saturated carbocycles. The van der Waals surface area contributed by atoms with Crippen LogP contribution in [0.5, 0.6) is 0 Å². The van der Waals surface area contributed by atoms with E-state index >= 15 is 0 Å². The molecule has 18 heavy (non-hydrogen) atoms. The van der Waals surface area contributed by atoms with E-state index in [0.29, 0.717) is 5.02 Å². The number of nitrogens with zero attached hydrogens (tertiary/aromatic N) is 1. The number of amides is 1. The molecule has 2 rings (SSSR count). The van der Waals surface area contributed by atoms with E-state index in [1.807, 2.05) is 36.9 Å². The number of carbonyl (C=O) groups excluding carboxylic acids is 1. The minimum atomic E-state index is 0.00341. The highest BCUT2D eigenvalue weighted by atomic mass is 35.5. The van der Waals surface area contributed by atoms with Crippen molar-refractivity contribution in [1.29, 1.82) is 0 Å². The third-order valence-corrected chi connectivity index (χ3v) is 3.81. The minimum absolute atomic E-state index is 0.00341. The molecule has 1 saturated heterocycles. The third-order valence-electron chi connectivity index (χ3n) is 3.40. The van der Waals surface area contributed by atoms with Crippen LogP contribution in [0.25, 0.3) is 0 Å². The van der Waals surface area contributed by atoms with Crippen LogP contribution in [-0.4, -0.2) is 25.5 Å². The molecular formula is C14H19ClN2O. The Morgan fingerprint density at radius 1 is 1.44 bits per heavy atom. The molecule has 1 atom stereocenters. The fourth-order valence-electron chi connectivity index (χ4n) is 2.27. The second kappa shape index (κ2) is 5.72. The van der Waals surface area contributed by atoms with Crippen LogP contribution in [0.1, 0.15) is 18.9 Å². The first kappa shape index (κ1) is 13.4. The van der Waals surface area contributed by atoms with Gasteiger partial charge in [0.05, 0.1) is 0 Å². The highest BCUT2D eigenvalue weighted by molar-refractivity contribution is 6.31. The molecule has 1 fully saturated rings. The molecule has 98 valence electrons. The number of nitrogens with one attached hydrogen (secondary N) is 1. The summed E-state index contributed by atoms with van der Waals surface area (Å²) in [5, 5.41) is 4.01. The van der Waals surface area contributed by atoms with Crippen molar-refractivity contribution < 1.29 is 4.79 Å². The summed E-state index contributed by atoms with van der Waals surface area (Å²) in [7, 11) is 0. The molecule has 0 aromatic heterocycles. The highest BCUT2D eigenvalue weighted by Crippen LogP contribution is 2.28. The van der Waals surface area contributed by atoms with Gasteiger partial charge in [0.2, 0.25) is 5.91 Å². The second-order valence-corrected chi connectivity index (χ2v) is 5.24. The Balaban J connectivity index is 2.33. The van der Waals surface area contributed by atoms with Crippen LogP contribution < -0.4 is 10.2 Å². The van der Waals surface area contributed by atoms with Crippen molar-refractivity contribution in [1.82, 2.24) is 5.32 Å². The van der Waals surface area contributed by atoms with Crippen LogP contribution in [-0.2, 0) is 4.79 Å². The molecule has 1 aliphatic heterocycles. The van der Waals surface area contributed by atoms with E-state index in [1.54, 1.807) is 0 Å². The molecule has 0 spiro atoms. The Kier molecular flexibility index (Phi) is 4.25. The first-order valence-electron chi connectivity index (χ1n) is 6.38. The summed E-state index contributed by atoms with van der Waals surface area (Å²) in [5.74, 6) is 0.177. The Bertz CT molecular complexity index is 447. The van der Waals surface area contributed by atoms with Crippen LogP contribution >= 0.6 is 11.6 Å². The normalized spacial score (nSPS) is 21.6. The maximum absolute atomic E-state index is 12.4. The standard InChI is InChI=1S/C14H19ClN2O/c1-10-9-16-7-4-8-17(14(10)18)13-6-3-5-12(15)11(13)2/h3,5-6,10,16H,4,7-9H2,1-2H3. The molecule has 1 aliphatic rings. The number of benzene rings is 1. The predicted octanol–water partition coefficient (Wildman–Crippen LogP) is 2.61. The molecule has 1 unspecified atom stereocenters. The van der Waals surface area contributed by atoms with Crippen molar-refractivity contribution in [2.75, 3.05) is 24.5 Å². The second-order valence-electron chi connectivity index (χ2n) is 4.83. The fourth-order valence-corrected chi connectivity index (χ4v) is 2.44. The summed E-state index contributed by atoms with van der Waals surface area (Å²) in [6, 6.07) is 5.74. The molecule has 1 aromatic rings. The number of halogens is 1. The molecule has 3 nitrogen and oxygen atoms in total. The van der Waals surface area contributed by atoms with Gasteiger partial charge in [0.25, 0.3) is 0 Å². The van der Waals surface area contributed by atoms with Crippen LogP contribution in [0, 0.1) is 12.8 Å². The Morgan fingerprint density at radius 2 is 2.22 bits per heavy atom. The zero-order valence-corrected chi connectivity index (χ0v) is 11.6. The van der Waals surface area contributed by atoms with E-state index in [0.717, 1.165) is 37.3 Å². The van der Waals surface area contributed by atoms with Crippen molar-refractivity contribution in [3.8, 4) is 0 Å². The quantitative estimate of drug-likeness (QED) is 0.848. The summed E-state index contributed by atoms with van der Waals surface area (Å²) in [6.07, 6.45) is 0.963. The largest absolute Gasteiger partial charge is 0.316 e. The summed E-state index contributed by atoms with van der Waals surface area (Å²) in [6.45, 7) is 6.38. The van der Waals surface area contributed by atoms with Gasteiger partial charge in [-0.15, -0.1) is 0 Å². The summed E-state index contributed by atoms with van der Waals surface area (Å²) >= 11 is 6.14. The Labute approximate surface area is 113 Å². The SMILES string of the molecule is Cc1c(Cl)cccc1N1CCCNCC(C)C1=O. The first-order chi connectivity index (χ1) is 8.61. The van der Waals surface area contributed by atoms with E-state index in [4.69, 9.17) is 11.6 Å². The molecule has 0 radical (unpaired) electrons. The highest BCUT2D eigenvalue weighted by Gasteiger charge is 2.24. The fraction of sp³-hybridized carbons (Fsp3) is 0.500. The number of hydrogen-bond acceptors (Lipinski definition) is 2. The van der Waals surface area contributed by atoms with Crippen LogP contribution in [0.4, 0.5) is 5.69 Å². The summed E-state index contributed by atoms with van der Waals surface area (Å²) in [4.78, 5) is 14.3. The lowest BCUT2D eigenvalue weighted by Gasteiger charge is -2.30. The number of rotatable bonds is 1. The van der Waals surface area contributed by atoms with Crippen molar-refractivity contribution >= 4 is 23.2 Å². The van der Waals surface area contributed by atoms with Gasteiger partial charge in [0.1, 0.15) is 0 Å². The van der Waals surface area contributed by atoms with Crippen LogP contribution in [0.3, 0.4) is 0 Å². The molecule has 1 aromatic carbocycles. The van der Waals surface area contributed by atoms with Crippen molar-refractivity contribution in [3.63, 3.8) is 0 Å². The van der Waals surface area contributed by atoms with Crippen molar-refractivity contribution in [2.24, 2.45) is 5.92 Å². The Hall–Kier alpha value is -1.06. The van der Waals surface area contributed by atoms with Gasteiger partial charge in [0.15, 0.2) is 0 Å². The summed E-state index contributed by atoms with van der Waals surface area (Å²) in [5.41, 5.74) is 1.93. The molecule has 0 bridgehead atoms.